The van der Waals surface area contributed by atoms with E-state index in [-0.39, 0.29) is 11.6 Å². The van der Waals surface area contributed by atoms with Gasteiger partial charge in [-0.25, -0.2) is 4.98 Å². The Hall–Kier alpha value is -2.30. The second-order valence-corrected chi connectivity index (χ2v) is 3.94. The molecule has 5 heteroatoms. The second kappa shape index (κ2) is 8.79. The summed E-state index contributed by atoms with van der Waals surface area (Å²) in [5.74, 6) is 0.612. The maximum Gasteiger partial charge on any atom is 0.276 e. The van der Waals surface area contributed by atoms with Crippen molar-refractivity contribution in [3.05, 3.63) is 52.6 Å². The standard InChI is InChI=1S/C12H12N4O.2C2H6/c17-12-10-11(14-7-15-12)13-6-9(16-10)8-4-2-1-3-5-8;2*1-2/h1-5,7,9,16H,6H2,(H2,13,14,15,17);2*1-2H3. The number of H-pyrrole nitrogens is 1. The molecule has 0 radical (unpaired) electrons. The highest BCUT2D eigenvalue weighted by Gasteiger charge is 2.21. The van der Waals surface area contributed by atoms with Crippen LogP contribution in [0.3, 0.4) is 0 Å². The van der Waals surface area contributed by atoms with Crippen molar-refractivity contribution in [1.82, 2.24) is 9.97 Å². The minimum absolute atomic E-state index is 0.0917. The van der Waals surface area contributed by atoms with Gasteiger partial charge in [0.05, 0.1) is 12.4 Å². The van der Waals surface area contributed by atoms with E-state index in [9.17, 15) is 4.79 Å². The summed E-state index contributed by atoms with van der Waals surface area (Å²) in [5, 5.41) is 6.37. The highest BCUT2D eigenvalue weighted by atomic mass is 16.1. The lowest BCUT2D eigenvalue weighted by Gasteiger charge is -2.26. The Labute approximate surface area is 125 Å². The molecular formula is C16H24N4O. The SMILES string of the molecule is CC.CC.O=c1[nH]cnc2c1NC(c1ccccc1)CN2. The summed E-state index contributed by atoms with van der Waals surface area (Å²) in [6, 6.07) is 10.1. The van der Waals surface area contributed by atoms with Crippen LogP contribution in [0, 0.1) is 0 Å². The molecule has 0 amide bonds. The maximum atomic E-state index is 11.6. The van der Waals surface area contributed by atoms with Crippen molar-refractivity contribution in [2.45, 2.75) is 33.7 Å². The van der Waals surface area contributed by atoms with Crippen molar-refractivity contribution in [2.24, 2.45) is 0 Å². The van der Waals surface area contributed by atoms with Gasteiger partial charge < -0.3 is 15.6 Å². The molecular weight excluding hydrogens is 264 g/mol. The quantitative estimate of drug-likeness (QED) is 0.752. The van der Waals surface area contributed by atoms with Crippen molar-refractivity contribution >= 4 is 11.5 Å². The van der Waals surface area contributed by atoms with Crippen LogP contribution in [0.1, 0.15) is 39.3 Å². The molecule has 1 atom stereocenters. The number of aromatic amines is 1. The Kier molecular flexibility index (Phi) is 7.01. The molecule has 0 saturated heterocycles. The maximum absolute atomic E-state index is 11.6. The zero-order chi connectivity index (χ0) is 15.7. The van der Waals surface area contributed by atoms with Crippen molar-refractivity contribution in [3.8, 4) is 0 Å². The first-order chi connectivity index (χ1) is 10.3. The van der Waals surface area contributed by atoms with E-state index in [2.05, 4.69) is 20.6 Å². The van der Waals surface area contributed by atoms with E-state index in [4.69, 9.17) is 0 Å². The Balaban J connectivity index is 0.000000510. The molecule has 1 unspecified atom stereocenters. The van der Waals surface area contributed by atoms with Gasteiger partial charge in [0.1, 0.15) is 5.69 Å². The largest absolute Gasteiger partial charge is 0.369 e. The first-order valence-electron chi connectivity index (χ1n) is 7.47. The van der Waals surface area contributed by atoms with Gasteiger partial charge in [-0.05, 0) is 5.56 Å². The van der Waals surface area contributed by atoms with Crippen molar-refractivity contribution in [2.75, 3.05) is 17.2 Å². The number of nitrogens with zero attached hydrogens (tertiary/aromatic N) is 1. The third-order valence-electron chi connectivity index (χ3n) is 2.85. The van der Waals surface area contributed by atoms with Gasteiger partial charge >= 0.3 is 0 Å². The fourth-order valence-corrected chi connectivity index (χ4v) is 1.98. The van der Waals surface area contributed by atoms with Crippen LogP contribution >= 0.6 is 0 Å². The minimum atomic E-state index is -0.150. The predicted octanol–water partition coefficient (Wildman–Crippen LogP) is 3.40. The number of anilines is 2. The fourth-order valence-electron chi connectivity index (χ4n) is 1.98. The molecule has 0 saturated carbocycles. The van der Waals surface area contributed by atoms with Crippen molar-refractivity contribution < 1.29 is 0 Å². The number of fused-ring (bicyclic) bond motifs is 1. The van der Waals surface area contributed by atoms with Gasteiger partial charge in [-0.2, -0.15) is 0 Å². The lowest BCUT2D eigenvalue weighted by molar-refractivity contribution is 0.789. The molecule has 0 spiro atoms. The van der Waals surface area contributed by atoms with Gasteiger partial charge in [0.2, 0.25) is 0 Å². The Bertz CT molecular complexity index is 580. The molecule has 0 fully saturated rings. The number of rotatable bonds is 1. The monoisotopic (exact) mass is 288 g/mol. The molecule has 5 nitrogen and oxygen atoms in total. The van der Waals surface area contributed by atoms with Crippen molar-refractivity contribution in [1.29, 1.82) is 0 Å². The smallest absolute Gasteiger partial charge is 0.276 e. The Morgan fingerprint density at radius 3 is 2.43 bits per heavy atom. The molecule has 2 aromatic rings. The molecule has 1 aromatic carbocycles. The summed E-state index contributed by atoms with van der Waals surface area (Å²) >= 11 is 0. The van der Waals surface area contributed by atoms with Crippen LogP contribution in [-0.2, 0) is 0 Å². The normalized spacial score (nSPS) is 15.0. The zero-order valence-corrected chi connectivity index (χ0v) is 13.1. The van der Waals surface area contributed by atoms with E-state index in [0.717, 1.165) is 5.56 Å². The first-order valence-corrected chi connectivity index (χ1v) is 7.47. The fraction of sp³-hybridized carbons (Fsp3) is 0.375. The summed E-state index contributed by atoms with van der Waals surface area (Å²) in [6.07, 6.45) is 1.40. The van der Waals surface area contributed by atoms with E-state index in [1.165, 1.54) is 6.33 Å². The lowest BCUT2D eigenvalue weighted by atomic mass is 10.1. The van der Waals surface area contributed by atoms with Gasteiger partial charge in [-0.1, -0.05) is 58.0 Å². The second-order valence-electron chi connectivity index (χ2n) is 3.94. The highest BCUT2D eigenvalue weighted by Crippen LogP contribution is 2.26. The van der Waals surface area contributed by atoms with Crippen LogP contribution in [0.15, 0.2) is 41.5 Å². The summed E-state index contributed by atoms with van der Waals surface area (Å²) in [4.78, 5) is 18.3. The predicted molar refractivity (Wildman–Crippen MR) is 88.8 cm³/mol. The molecule has 3 rings (SSSR count). The van der Waals surface area contributed by atoms with Crippen LogP contribution in [-0.4, -0.2) is 16.5 Å². The van der Waals surface area contributed by atoms with Crippen LogP contribution in [0.2, 0.25) is 0 Å². The van der Waals surface area contributed by atoms with Gasteiger partial charge in [-0.3, -0.25) is 4.79 Å². The van der Waals surface area contributed by atoms with Gasteiger partial charge in [-0.15, -0.1) is 0 Å². The highest BCUT2D eigenvalue weighted by molar-refractivity contribution is 5.66. The third-order valence-corrected chi connectivity index (χ3v) is 2.85. The summed E-state index contributed by atoms with van der Waals surface area (Å²) in [5.41, 5.74) is 1.50. The van der Waals surface area contributed by atoms with E-state index in [1.807, 2.05) is 58.0 Å². The van der Waals surface area contributed by atoms with E-state index in [1.54, 1.807) is 0 Å². The number of hydrogen-bond acceptors (Lipinski definition) is 4. The minimum Gasteiger partial charge on any atom is -0.369 e. The van der Waals surface area contributed by atoms with Crippen molar-refractivity contribution in [3.63, 3.8) is 0 Å². The average Bonchev–Trinajstić information content (AvgIpc) is 2.59. The molecule has 0 bridgehead atoms. The molecule has 1 aliphatic rings. The number of aromatic nitrogens is 2. The van der Waals surface area contributed by atoms with Crippen LogP contribution in [0.5, 0.6) is 0 Å². The van der Waals surface area contributed by atoms with E-state index < -0.39 is 0 Å². The topological polar surface area (TPSA) is 69.8 Å². The number of hydrogen-bond donors (Lipinski definition) is 3. The van der Waals surface area contributed by atoms with E-state index in [0.29, 0.717) is 18.1 Å². The van der Waals surface area contributed by atoms with Gasteiger partial charge in [0.15, 0.2) is 5.82 Å². The summed E-state index contributed by atoms with van der Waals surface area (Å²) in [7, 11) is 0. The Morgan fingerprint density at radius 2 is 1.76 bits per heavy atom. The number of nitrogens with one attached hydrogen (secondary N) is 3. The van der Waals surface area contributed by atoms with Gasteiger partial charge in [0, 0.05) is 6.54 Å². The molecule has 1 aliphatic heterocycles. The molecule has 1 aromatic heterocycles. The summed E-state index contributed by atoms with van der Waals surface area (Å²) < 4.78 is 0. The Morgan fingerprint density at radius 1 is 1.10 bits per heavy atom. The molecule has 114 valence electrons. The third kappa shape index (κ3) is 4.08. The van der Waals surface area contributed by atoms with Crippen LogP contribution in [0.25, 0.3) is 0 Å². The summed E-state index contributed by atoms with van der Waals surface area (Å²) in [6.45, 7) is 8.72. The average molecular weight is 288 g/mol. The molecule has 21 heavy (non-hydrogen) atoms. The molecule has 0 aliphatic carbocycles. The van der Waals surface area contributed by atoms with E-state index >= 15 is 0 Å². The zero-order valence-electron chi connectivity index (χ0n) is 13.1. The molecule has 3 N–H and O–H groups in total. The lowest BCUT2D eigenvalue weighted by Crippen LogP contribution is -2.31. The van der Waals surface area contributed by atoms with Gasteiger partial charge in [0.25, 0.3) is 5.56 Å². The first kappa shape index (κ1) is 16.8. The van der Waals surface area contributed by atoms with Crippen LogP contribution < -0.4 is 16.2 Å². The molecule has 2 heterocycles. The number of benzene rings is 1. The van der Waals surface area contributed by atoms with Crippen LogP contribution in [0.4, 0.5) is 11.5 Å².